The summed E-state index contributed by atoms with van der Waals surface area (Å²) in [5, 5.41) is 0. The molecule has 4 rings (SSSR count). The Labute approximate surface area is 169 Å². The van der Waals surface area contributed by atoms with E-state index in [2.05, 4.69) is 45.8 Å². The zero-order valence-corrected chi connectivity index (χ0v) is 17.2. The molecule has 2 aromatic heterocycles. The van der Waals surface area contributed by atoms with E-state index in [1.165, 1.54) is 11.1 Å². The van der Waals surface area contributed by atoms with Gasteiger partial charge >= 0.3 is 0 Å². The number of hydrogen-bond donors (Lipinski definition) is 1. The second-order valence-corrected chi connectivity index (χ2v) is 7.59. The smallest absolute Gasteiger partial charge is 0.254 e. The van der Waals surface area contributed by atoms with Crippen molar-refractivity contribution >= 4 is 0 Å². The molecule has 7 nitrogen and oxygen atoms in total. The number of nitrogens with zero attached hydrogens (tertiary/aromatic N) is 4. The van der Waals surface area contributed by atoms with Gasteiger partial charge in [0.25, 0.3) is 5.56 Å². The van der Waals surface area contributed by atoms with E-state index in [-0.39, 0.29) is 5.56 Å². The predicted octanol–water partition coefficient (Wildman–Crippen LogP) is 2.72. The highest BCUT2D eigenvalue weighted by Gasteiger charge is 2.22. The molecule has 7 heteroatoms. The summed E-state index contributed by atoms with van der Waals surface area (Å²) in [5.74, 6) is 1.38. The molecular weight excluding hydrogens is 366 g/mol. The Morgan fingerprint density at radius 2 is 1.97 bits per heavy atom. The zero-order chi connectivity index (χ0) is 20.5. The first-order chi connectivity index (χ1) is 13.9. The van der Waals surface area contributed by atoms with Gasteiger partial charge in [-0.15, -0.1) is 0 Å². The molecule has 0 amide bonds. The molecule has 0 saturated heterocycles. The molecule has 0 saturated carbocycles. The highest BCUT2D eigenvalue weighted by Crippen LogP contribution is 2.25. The minimum atomic E-state index is -0.0801. The molecule has 1 aromatic carbocycles. The van der Waals surface area contributed by atoms with E-state index in [1.54, 1.807) is 19.5 Å². The van der Waals surface area contributed by atoms with E-state index in [0.29, 0.717) is 24.5 Å². The number of ether oxygens (including phenoxy) is 1. The van der Waals surface area contributed by atoms with Crippen molar-refractivity contribution < 1.29 is 4.74 Å². The van der Waals surface area contributed by atoms with Crippen LogP contribution in [0.25, 0.3) is 11.5 Å². The third kappa shape index (κ3) is 3.91. The molecule has 29 heavy (non-hydrogen) atoms. The number of hydrogen-bond acceptors (Lipinski definition) is 6. The molecule has 1 aliphatic heterocycles. The number of aromatic amines is 1. The average molecular weight is 391 g/mol. The minimum absolute atomic E-state index is 0.0801. The van der Waals surface area contributed by atoms with E-state index in [0.717, 1.165) is 41.4 Å². The summed E-state index contributed by atoms with van der Waals surface area (Å²) in [4.78, 5) is 31.1. The quantitative estimate of drug-likeness (QED) is 0.736. The Morgan fingerprint density at radius 3 is 2.69 bits per heavy atom. The molecule has 3 aromatic rings. The van der Waals surface area contributed by atoms with Gasteiger partial charge in [-0.3, -0.25) is 14.7 Å². The summed E-state index contributed by atoms with van der Waals surface area (Å²) in [7, 11) is 1.70. The number of rotatable bonds is 4. The number of benzene rings is 1. The molecule has 0 fully saturated rings. The summed E-state index contributed by atoms with van der Waals surface area (Å²) in [6, 6.07) is 4.27. The Morgan fingerprint density at radius 1 is 1.14 bits per heavy atom. The largest absolute Gasteiger partial charge is 0.496 e. The van der Waals surface area contributed by atoms with Crippen LogP contribution in [0.1, 0.15) is 33.6 Å². The van der Waals surface area contributed by atoms with Gasteiger partial charge in [-0.05, 0) is 49.9 Å². The molecule has 1 aliphatic rings. The molecule has 3 heterocycles. The molecule has 0 radical (unpaired) electrons. The SMILES string of the molecule is COc1cc(C)c(CN2CCc3c(nc(-c4cnc(C)cn4)[nH]c3=O)C2)cc1C. The van der Waals surface area contributed by atoms with Crippen LogP contribution in [0, 0.1) is 20.8 Å². The van der Waals surface area contributed by atoms with Crippen LogP contribution in [0.2, 0.25) is 0 Å². The third-order valence-electron chi connectivity index (χ3n) is 5.42. The van der Waals surface area contributed by atoms with Gasteiger partial charge in [0.2, 0.25) is 0 Å². The minimum Gasteiger partial charge on any atom is -0.496 e. The Bertz CT molecular complexity index is 1110. The lowest BCUT2D eigenvalue weighted by atomic mass is 10.0. The van der Waals surface area contributed by atoms with Crippen LogP contribution in [-0.4, -0.2) is 38.5 Å². The van der Waals surface area contributed by atoms with Crippen LogP contribution in [0.15, 0.2) is 29.3 Å². The average Bonchev–Trinajstić information content (AvgIpc) is 2.70. The highest BCUT2D eigenvalue weighted by molar-refractivity contribution is 5.48. The van der Waals surface area contributed by atoms with E-state index in [9.17, 15) is 4.79 Å². The first kappa shape index (κ1) is 19.3. The Kier molecular flexibility index (Phi) is 5.15. The van der Waals surface area contributed by atoms with E-state index in [1.807, 2.05) is 6.92 Å². The van der Waals surface area contributed by atoms with Crippen LogP contribution in [0.3, 0.4) is 0 Å². The first-order valence-corrected chi connectivity index (χ1v) is 9.72. The Balaban J connectivity index is 1.60. The lowest BCUT2D eigenvalue weighted by molar-refractivity contribution is 0.240. The van der Waals surface area contributed by atoms with Crippen LogP contribution in [-0.2, 0) is 19.5 Å². The fourth-order valence-electron chi connectivity index (χ4n) is 3.75. The van der Waals surface area contributed by atoms with Crippen molar-refractivity contribution in [2.75, 3.05) is 13.7 Å². The molecule has 0 spiro atoms. The number of fused-ring (bicyclic) bond motifs is 1. The fourth-order valence-corrected chi connectivity index (χ4v) is 3.75. The fraction of sp³-hybridized carbons (Fsp3) is 0.364. The predicted molar refractivity (Wildman–Crippen MR) is 111 cm³/mol. The van der Waals surface area contributed by atoms with Crippen LogP contribution < -0.4 is 10.3 Å². The number of methoxy groups -OCH3 is 1. The van der Waals surface area contributed by atoms with Crippen LogP contribution in [0.5, 0.6) is 5.75 Å². The van der Waals surface area contributed by atoms with Gasteiger partial charge in [-0.25, -0.2) is 9.97 Å². The summed E-state index contributed by atoms with van der Waals surface area (Å²) in [5.41, 5.74) is 6.50. The van der Waals surface area contributed by atoms with Gasteiger partial charge in [0, 0.05) is 31.4 Å². The normalized spacial score (nSPS) is 13.9. The van der Waals surface area contributed by atoms with Crippen LogP contribution in [0.4, 0.5) is 0 Å². The van der Waals surface area contributed by atoms with E-state index in [4.69, 9.17) is 9.72 Å². The number of nitrogens with one attached hydrogen (secondary N) is 1. The maximum absolute atomic E-state index is 12.6. The van der Waals surface area contributed by atoms with Crippen molar-refractivity contribution in [1.29, 1.82) is 0 Å². The maximum atomic E-state index is 12.6. The lowest BCUT2D eigenvalue weighted by Crippen LogP contribution is -2.35. The summed E-state index contributed by atoms with van der Waals surface area (Å²) >= 11 is 0. The van der Waals surface area contributed by atoms with E-state index >= 15 is 0 Å². The van der Waals surface area contributed by atoms with Gasteiger partial charge in [0.15, 0.2) is 5.82 Å². The standard InChI is InChI=1S/C22H25N5O2/c1-13-8-20(29-4)14(2)7-16(13)11-27-6-5-17-19(12-27)25-21(26-22(17)28)18-10-23-15(3)9-24-18/h7-10H,5-6,11-12H2,1-4H3,(H,25,26,28). The van der Waals surface area contributed by atoms with Crippen molar-refractivity contribution in [1.82, 2.24) is 24.8 Å². The summed E-state index contributed by atoms with van der Waals surface area (Å²) in [6.07, 6.45) is 4.01. The van der Waals surface area contributed by atoms with Crippen LogP contribution >= 0.6 is 0 Å². The van der Waals surface area contributed by atoms with Crippen molar-refractivity contribution in [3.05, 3.63) is 68.5 Å². The van der Waals surface area contributed by atoms with Gasteiger partial charge in [0.05, 0.1) is 24.7 Å². The van der Waals surface area contributed by atoms with Crippen molar-refractivity contribution in [2.45, 2.75) is 40.3 Å². The number of aromatic nitrogens is 4. The monoisotopic (exact) mass is 391 g/mol. The van der Waals surface area contributed by atoms with E-state index < -0.39 is 0 Å². The van der Waals surface area contributed by atoms with Crippen molar-refractivity contribution in [3.8, 4) is 17.3 Å². The molecule has 0 unspecified atom stereocenters. The molecule has 0 atom stereocenters. The van der Waals surface area contributed by atoms with Gasteiger partial charge in [0.1, 0.15) is 11.4 Å². The number of aryl methyl sites for hydroxylation is 3. The molecule has 150 valence electrons. The molecule has 0 aliphatic carbocycles. The third-order valence-corrected chi connectivity index (χ3v) is 5.42. The first-order valence-electron chi connectivity index (χ1n) is 9.72. The van der Waals surface area contributed by atoms with Gasteiger partial charge in [-0.2, -0.15) is 0 Å². The summed E-state index contributed by atoms with van der Waals surface area (Å²) < 4.78 is 5.42. The van der Waals surface area contributed by atoms with Crippen molar-refractivity contribution in [3.63, 3.8) is 0 Å². The van der Waals surface area contributed by atoms with Crippen molar-refractivity contribution in [2.24, 2.45) is 0 Å². The second kappa shape index (κ2) is 7.75. The molecule has 0 bridgehead atoms. The lowest BCUT2D eigenvalue weighted by Gasteiger charge is -2.28. The topological polar surface area (TPSA) is 84.0 Å². The highest BCUT2D eigenvalue weighted by atomic mass is 16.5. The maximum Gasteiger partial charge on any atom is 0.254 e. The van der Waals surface area contributed by atoms with Gasteiger partial charge in [-0.1, -0.05) is 6.07 Å². The molecular formula is C22H25N5O2. The summed E-state index contributed by atoms with van der Waals surface area (Å²) in [6.45, 7) is 8.31. The Hall–Kier alpha value is -3.06. The van der Waals surface area contributed by atoms with Gasteiger partial charge < -0.3 is 9.72 Å². The molecule has 1 N–H and O–H groups in total. The second-order valence-electron chi connectivity index (χ2n) is 7.59. The number of H-pyrrole nitrogens is 1. The zero-order valence-electron chi connectivity index (χ0n) is 17.2.